The second-order valence-corrected chi connectivity index (χ2v) is 10.8. The van der Waals surface area contributed by atoms with Gasteiger partial charge in [-0.15, -0.1) is 11.3 Å². The first-order chi connectivity index (χ1) is 14.1. The van der Waals surface area contributed by atoms with Crippen LogP contribution in [0.5, 0.6) is 0 Å². The lowest BCUT2D eigenvalue weighted by molar-refractivity contribution is 0.457. The van der Waals surface area contributed by atoms with Crippen molar-refractivity contribution in [1.82, 2.24) is 9.55 Å². The molecule has 1 aromatic carbocycles. The lowest BCUT2D eigenvalue weighted by Crippen LogP contribution is -2.26. The molecule has 5 rings (SSSR count). The molecule has 7 heteroatoms. The van der Waals surface area contributed by atoms with Crippen molar-refractivity contribution < 1.29 is 0 Å². The lowest BCUT2D eigenvalue weighted by Gasteiger charge is -2.18. The molecule has 0 saturated heterocycles. The van der Waals surface area contributed by atoms with E-state index in [1.807, 2.05) is 16.7 Å². The molecule has 0 N–H and O–H groups in total. The second kappa shape index (κ2) is 8.26. The fourth-order valence-corrected chi connectivity index (χ4v) is 7.49. The van der Waals surface area contributed by atoms with Crippen LogP contribution >= 0.6 is 46.3 Å². The van der Waals surface area contributed by atoms with Crippen molar-refractivity contribution in [3.63, 3.8) is 0 Å². The van der Waals surface area contributed by atoms with Crippen LogP contribution in [0.25, 0.3) is 10.2 Å². The third-order valence-electron chi connectivity index (χ3n) is 6.05. The van der Waals surface area contributed by atoms with E-state index in [9.17, 15) is 4.79 Å². The summed E-state index contributed by atoms with van der Waals surface area (Å²) in [6.45, 7) is 0. The molecule has 0 spiro atoms. The molecule has 0 atom stereocenters. The normalized spacial score (nSPS) is 17.2. The molecule has 2 aliphatic rings. The summed E-state index contributed by atoms with van der Waals surface area (Å²) in [7, 11) is 0. The van der Waals surface area contributed by atoms with E-state index in [1.54, 1.807) is 29.2 Å². The predicted molar refractivity (Wildman–Crippen MR) is 124 cm³/mol. The Bertz CT molecular complexity index is 1130. The van der Waals surface area contributed by atoms with Gasteiger partial charge in [0.2, 0.25) is 0 Å². The van der Waals surface area contributed by atoms with Gasteiger partial charge < -0.3 is 0 Å². The maximum absolute atomic E-state index is 13.7. The van der Waals surface area contributed by atoms with Crippen LogP contribution in [0.2, 0.25) is 10.0 Å². The molecule has 0 aliphatic heterocycles. The van der Waals surface area contributed by atoms with E-state index in [1.165, 1.54) is 36.1 Å². The predicted octanol–water partition coefficient (Wildman–Crippen LogP) is 7.05. The number of thiophene rings is 1. The Balaban J connectivity index is 1.59. The Morgan fingerprint density at radius 3 is 2.72 bits per heavy atom. The van der Waals surface area contributed by atoms with Crippen molar-refractivity contribution in [3.05, 3.63) is 54.6 Å². The van der Waals surface area contributed by atoms with Gasteiger partial charge in [-0.2, -0.15) is 0 Å². The van der Waals surface area contributed by atoms with Gasteiger partial charge in [-0.05, 0) is 61.8 Å². The van der Waals surface area contributed by atoms with E-state index in [0.29, 0.717) is 15.8 Å². The average molecular weight is 465 g/mol. The zero-order chi connectivity index (χ0) is 20.0. The molecular weight excluding hydrogens is 443 g/mol. The van der Waals surface area contributed by atoms with Gasteiger partial charge >= 0.3 is 0 Å². The number of fused-ring (bicyclic) bond motifs is 3. The van der Waals surface area contributed by atoms with E-state index in [2.05, 4.69) is 0 Å². The molecule has 1 saturated carbocycles. The SMILES string of the molecule is O=c1c2c3c(sc2nc(SCc2ccc(Cl)cc2Cl)n1C1CCCC1)CCCC3. The molecular formula is C22H22Cl2N2OS2. The monoisotopic (exact) mass is 464 g/mol. The molecule has 29 heavy (non-hydrogen) atoms. The van der Waals surface area contributed by atoms with Gasteiger partial charge in [0.1, 0.15) is 4.83 Å². The van der Waals surface area contributed by atoms with E-state index >= 15 is 0 Å². The van der Waals surface area contributed by atoms with E-state index in [-0.39, 0.29) is 11.6 Å². The van der Waals surface area contributed by atoms with Crippen molar-refractivity contribution in [1.29, 1.82) is 0 Å². The van der Waals surface area contributed by atoms with Crippen molar-refractivity contribution in [2.45, 2.75) is 68.3 Å². The minimum absolute atomic E-state index is 0.172. The highest BCUT2D eigenvalue weighted by molar-refractivity contribution is 7.98. The first kappa shape index (κ1) is 19.9. The van der Waals surface area contributed by atoms with Crippen LogP contribution in [0.4, 0.5) is 0 Å². The number of halogens is 2. The Morgan fingerprint density at radius 1 is 1.14 bits per heavy atom. The molecule has 3 nitrogen and oxygen atoms in total. The van der Waals surface area contributed by atoms with Gasteiger partial charge in [0.15, 0.2) is 5.16 Å². The quantitative estimate of drug-likeness (QED) is 0.306. The second-order valence-electron chi connectivity index (χ2n) is 7.92. The molecule has 3 aromatic rings. The van der Waals surface area contributed by atoms with Crippen molar-refractivity contribution >= 4 is 56.5 Å². The lowest BCUT2D eigenvalue weighted by atomic mass is 9.97. The van der Waals surface area contributed by atoms with Crippen molar-refractivity contribution in [3.8, 4) is 0 Å². The molecule has 2 aliphatic carbocycles. The van der Waals surface area contributed by atoms with E-state index < -0.39 is 0 Å². The number of hydrogen-bond acceptors (Lipinski definition) is 4. The Hall–Kier alpha value is -1.01. The number of aryl methyl sites for hydroxylation is 2. The Labute approximate surface area is 188 Å². The third kappa shape index (κ3) is 3.76. The number of nitrogens with zero attached hydrogens (tertiary/aromatic N) is 2. The first-order valence-electron chi connectivity index (χ1n) is 10.3. The first-order valence-corrected chi connectivity index (χ1v) is 12.8. The fraction of sp³-hybridized carbons (Fsp3) is 0.455. The largest absolute Gasteiger partial charge is 0.284 e. The van der Waals surface area contributed by atoms with E-state index in [4.69, 9.17) is 28.2 Å². The van der Waals surface area contributed by atoms with Gasteiger partial charge in [-0.25, -0.2) is 4.98 Å². The molecule has 0 radical (unpaired) electrons. The molecule has 0 bridgehead atoms. The summed E-state index contributed by atoms with van der Waals surface area (Å²) in [5.74, 6) is 0.672. The average Bonchev–Trinajstić information content (AvgIpc) is 3.34. The summed E-state index contributed by atoms with van der Waals surface area (Å²) in [6, 6.07) is 5.85. The van der Waals surface area contributed by atoms with Crippen LogP contribution in [0, 0.1) is 0 Å². The van der Waals surface area contributed by atoms with Crippen molar-refractivity contribution in [2.24, 2.45) is 0 Å². The summed E-state index contributed by atoms with van der Waals surface area (Å²) >= 11 is 15.7. The maximum atomic E-state index is 13.7. The van der Waals surface area contributed by atoms with Crippen LogP contribution in [-0.2, 0) is 18.6 Å². The smallest absolute Gasteiger partial charge is 0.263 e. The number of aromatic nitrogens is 2. The van der Waals surface area contributed by atoms with Gasteiger partial charge in [0, 0.05) is 26.7 Å². The van der Waals surface area contributed by atoms with Gasteiger partial charge in [-0.1, -0.05) is 53.9 Å². The number of thioether (sulfide) groups is 1. The zero-order valence-corrected chi connectivity index (χ0v) is 19.2. The fourth-order valence-electron chi connectivity index (χ4n) is 4.57. The topological polar surface area (TPSA) is 34.9 Å². The molecule has 2 heterocycles. The number of rotatable bonds is 4. The maximum Gasteiger partial charge on any atom is 0.263 e. The Kier molecular flexibility index (Phi) is 5.67. The molecule has 152 valence electrons. The van der Waals surface area contributed by atoms with Crippen LogP contribution in [-0.4, -0.2) is 9.55 Å². The summed E-state index contributed by atoms with van der Waals surface area (Å²) in [5, 5.41) is 3.02. The molecule has 2 aromatic heterocycles. The van der Waals surface area contributed by atoms with Gasteiger partial charge in [0.05, 0.1) is 5.39 Å². The van der Waals surface area contributed by atoms with Crippen molar-refractivity contribution in [2.75, 3.05) is 0 Å². The minimum Gasteiger partial charge on any atom is -0.284 e. The standard InChI is InChI=1S/C22H22Cl2N2OS2/c23-14-10-9-13(17(24)11-14)12-28-22-25-20-19(16-7-3-4-8-18(16)29-20)21(27)26(22)15-5-1-2-6-15/h9-11,15H,1-8,12H2. The minimum atomic E-state index is 0.172. The number of hydrogen-bond donors (Lipinski definition) is 0. The van der Waals surface area contributed by atoms with Crippen LogP contribution in [0.1, 0.15) is 60.6 Å². The molecule has 0 unspecified atom stereocenters. The Morgan fingerprint density at radius 2 is 1.93 bits per heavy atom. The molecule has 0 amide bonds. The summed E-state index contributed by atoms with van der Waals surface area (Å²) in [4.78, 5) is 21.0. The summed E-state index contributed by atoms with van der Waals surface area (Å²) < 4.78 is 2.01. The third-order valence-corrected chi connectivity index (χ3v) is 8.82. The van der Waals surface area contributed by atoms with Gasteiger partial charge in [-0.3, -0.25) is 9.36 Å². The van der Waals surface area contributed by atoms with Gasteiger partial charge in [0.25, 0.3) is 5.56 Å². The van der Waals surface area contributed by atoms with Crippen LogP contribution in [0.3, 0.4) is 0 Å². The van der Waals surface area contributed by atoms with E-state index in [0.717, 1.165) is 46.6 Å². The summed E-state index contributed by atoms with van der Waals surface area (Å²) in [5.41, 5.74) is 2.46. The summed E-state index contributed by atoms with van der Waals surface area (Å²) in [6.07, 6.45) is 8.99. The number of benzene rings is 1. The highest BCUT2D eigenvalue weighted by Crippen LogP contribution is 2.38. The van der Waals surface area contributed by atoms with Crippen LogP contribution in [0.15, 0.2) is 28.2 Å². The van der Waals surface area contributed by atoms with Crippen LogP contribution < -0.4 is 5.56 Å². The molecule has 1 fully saturated rings. The highest BCUT2D eigenvalue weighted by Gasteiger charge is 2.27. The zero-order valence-electron chi connectivity index (χ0n) is 16.0. The highest BCUT2D eigenvalue weighted by atomic mass is 35.5.